The van der Waals surface area contributed by atoms with Crippen LogP contribution >= 0.6 is 0 Å². The number of nitrogens with two attached hydrogens (primary N) is 1. The van der Waals surface area contributed by atoms with Crippen LogP contribution in [0.25, 0.3) is 0 Å². The molecule has 1 atom stereocenters. The molecule has 108 valence electrons. The lowest BCUT2D eigenvalue weighted by Crippen LogP contribution is -2.35. The second-order valence-corrected chi connectivity index (χ2v) is 5.74. The van der Waals surface area contributed by atoms with Gasteiger partial charge in [-0.25, -0.2) is 9.97 Å². The van der Waals surface area contributed by atoms with Gasteiger partial charge in [0.15, 0.2) is 0 Å². The molecule has 0 spiro atoms. The van der Waals surface area contributed by atoms with E-state index in [1.165, 1.54) is 32.4 Å². The number of nitrogens with zero attached hydrogens (tertiary/aromatic N) is 4. The molecule has 1 aromatic rings. The summed E-state index contributed by atoms with van der Waals surface area (Å²) in [6, 6.07) is 2.39. The van der Waals surface area contributed by atoms with Crippen molar-refractivity contribution in [3.63, 3.8) is 0 Å². The van der Waals surface area contributed by atoms with Crippen molar-refractivity contribution < 1.29 is 0 Å². The maximum Gasteiger partial charge on any atom is 0.226 e. The van der Waals surface area contributed by atoms with Crippen LogP contribution in [-0.4, -0.2) is 52.9 Å². The molecule has 3 heterocycles. The van der Waals surface area contributed by atoms with Gasteiger partial charge in [0.2, 0.25) is 5.95 Å². The maximum atomic E-state index is 7.54. The van der Waals surface area contributed by atoms with E-state index in [4.69, 9.17) is 11.1 Å². The summed E-state index contributed by atoms with van der Waals surface area (Å²) >= 11 is 0. The smallest absolute Gasteiger partial charge is 0.226 e. The highest BCUT2D eigenvalue weighted by Gasteiger charge is 2.30. The molecule has 2 aliphatic rings. The second kappa shape index (κ2) is 5.36. The standard InChI is InChI=1S/C14H22N6/c1-10-8-12(13(15)16)18-14(17-10)20-7-4-11(9-20)19-5-2-3-6-19/h8,11H,2-7,9H2,1H3,(H3,15,16). The summed E-state index contributed by atoms with van der Waals surface area (Å²) in [6.45, 7) is 6.35. The average molecular weight is 274 g/mol. The number of aromatic nitrogens is 2. The van der Waals surface area contributed by atoms with Crippen molar-refractivity contribution in [2.24, 2.45) is 5.73 Å². The van der Waals surface area contributed by atoms with Gasteiger partial charge in [-0.05, 0) is 45.3 Å². The Bertz CT molecular complexity index is 508. The minimum Gasteiger partial charge on any atom is -0.382 e. The number of hydrogen-bond donors (Lipinski definition) is 2. The summed E-state index contributed by atoms with van der Waals surface area (Å²) in [4.78, 5) is 13.7. The van der Waals surface area contributed by atoms with Crippen LogP contribution in [0.5, 0.6) is 0 Å². The lowest BCUT2D eigenvalue weighted by molar-refractivity contribution is 0.260. The number of likely N-dealkylation sites (tertiary alicyclic amines) is 1. The predicted octanol–water partition coefficient (Wildman–Crippen LogP) is 0.744. The molecule has 1 unspecified atom stereocenters. The third-order valence-corrected chi connectivity index (χ3v) is 4.22. The molecular weight excluding hydrogens is 252 g/mol. The van der Waals surface area contributed by atoms with E-state index in [1.807, 2.05) is 6.92 Å². The first-order valence-corrected chi connectivity index (χ1v) is 7.32. The molecular formula is C14H22N6. The normalized spacial score (nSPS) is 23.4. The Morgan fingerprint density at radius 2 is 2.05 bits per heavy atom. The Kier molecular flexibility index (Phi) is 3.56. The molecule has 6 nitrogen and oxygen atoms in total. The minimum atomic E-state index is 0.00652. The average Bonchev–Trinajstić information content (AvgIpc) is 3.09. The van der Waals surface area contributed by atoms with E-state index in [2.05, 4.69) is 19.8 Å². The van der Waals surface area contributed by atoms with Gasteiger partial charge >= 0.3 is 0 Å². The maximum absolute atomic E-state index is 7.54. The van der Waals surface area contributed by atoms with Crippen LogP contribution < -0.4 is 10.6 Å². The number of hydrogen-bond acceptors (Lipinski definition) is 5. The second-order valence-electron chi connectivity index (χ2n) is 5.74. The predicted molar refractivity (Wildman–Crippen MR) is 79.2 cm³/mol. The van der Waals surface area contributed by atoms with Crippen molar-refractivity contribution in [2.45, 2.75) is 32.2 Å². The molecule has 6 heteroatoms. The van der Waals surface area contributed by atoms with Crippen LogP contribution in [0.4, 0.5) is 5.95 Å². The first kappa shape index (κ1) is 13.3. The summed E-state index contributed by atoms with van der Waals surface area (Å²) < 4.78 is 0. The fraction of sp³-hybridized carbons (Fsp3) is 0.643. The zero-order valence-electron chi connectivity index (χ0n) is 12.0. The number of rotatable bonds is 3. The summed E-state index contributed by atoms with van der Waals surface area (Å²) in [7, 11) is 0. The van der Waals surface area contributed by atoms with E-state index in [0.717, 1.165) is 24.7 Å². The number of nitrogen functional groups attached to an aromatic ring is 1. The molecule has 20 heavy (non-hydrogen) atoms. The van der Waals surface area contributed by atoms with E-state index in [-0.39, 0.29) is 5.84 Å². The van der Waals surface area contributed by atoms with E-state index < -0.39 is 0 Å². The zero-order valence-corrected chi connectivity index (χ0v) is 12.0. The zero-order chi connectivity index (χ0) is 14.1. The molecule has 0 aliphatic carbocycles. The molecule has 0 saturated carbocycles. The molecule has 0 radical (unpaired) electrons. The lowest BCUT2D eigenvalue weighted by Gasteiger charge is -2.23. The van der Waals surface area contributed by atoms with Gasteiger partial charge in [0.05, 0.1) is 0 Å². The highest BCUT2D eigenvalue weighted by Crippen LogP contribution is 2.23. The Morgan fingerprint density at radius 3 is 2.75 bits per heavy atom. The van der Waals surface area contributed by atoms with Crippen LogP contribution in [0, 0.1) is 12.3 Å². The highest BCUT2D eigenvalue weighted by atomic mass is 15.3. The Balaban J connectivity index is 1.75. The third kappa shape index (κ3) is 2.60. The van der Waals surface area contributed by atoms with Crippen molar-refractivity contribution in [3.8, 4) is 0 Å². The summed E-state index contributed by atoms with van der Waals surface area (Å²) in [5, 5.41) is 7.54. The lowest BCUT2D eigenvalue weighted by atomic mass is 10.2. The van der Waals surface area contributed by atoms with Gasteiger partial charge in [0, 0.05) is 24.8 Å². The van der Waals surface area contributed by atoms with Crippen molar-refractivity contribution in [1.29, 1.82) is 5.41 Å². The van der Waals surface area contributed by atoms with Crippen LogP contribution in [0.15, 0.2) is 6.07 Å². The van der Waals surface area contributed by atoms with Gasteiger partial charge < -0.3 is 10.6 Å². The first-order chi connectivity index (χ1) is 9.63. The number of anilines is 1. The fourth-order valence-corrected chi connectivity index (χ4v) is 3.16. The van der Waals surface area contributed by atoms with Crippen molar-refractivity contribution in [2.75, 3.05) is 31.1 Å². The van der Waals surface area contributed by atoms with Gasteiger partial charge in [-0.15, -0.1) is 0 Å². The molecule has 1 aromatic heterocycles. The molecule has 2 fully saturated rings. The largest absolute Gasteiger partial charge is 0.382 e. The summed E-state index contributed by atoms with van der Waals surface area (Å²) in [5.74, 6) is 0.726. The molecule has 2 aliphatic heterocycles. The third-order valence-electron chi connectivity index (χ3n) is 4.22. The van der Waals surface area contributed by atoms with E-state index in [1.54, 1.807) is 6.07 Å². The monoisotopic (exact) mass is 274 g/mol. The molecule has 3 N–H and O–H groups in total. The van der Waals surface area contributed by atoms with E-state index >= 15 is 0 Å². The van der Waals surface area contributed by atoms with Crippen LogP contribution in [0.3, 0.4) is 0 Å². The number of nitrogens with one attached hydrogen (secondary N) is 1. The van der Waals surface area contributed by atoms with E-state index in [9.17, 15) is 0 Å². The van der Waals surface area contributed by atoms with Gasteiger partial charge in [0.25, 0.3) is 0 Å². The molecule has 0 bridgehead atoms. The van der Waals surface area contributed by atoms with Crippen LogP contribution in [0.2, 0.25) is 0 Å². The SMILES string of the molecule is Cc1cc(C(=N)N)nc(N2CCC(N3CCCC3)C2)n1. The summed E-state index contributed by atoms with van der Waals surface area (Å²) in [6.07, 6.45) is 3.82. The Morgan fingerprint density at radius 1 is 1.30 bits per heavy atom. The van der Waals surface area contributed by atoms with Crippen molar-refractivity contribution in [1.82, 2.24) is 14.9 Å². The van der Waals surface area contributed by atoms with Crippen LogP contribution in [0.1, 0.15) is 30.7 Å². The minimum absolute atomic E-state index is 0.00652. The number of amidine groups is 1. The molecule has 3 rings (SSSR count). The van der Waals surface area contributed by atoms with E-state index in [0.29, 0.717) is 11.7 Å². The van der Waals surface area contributed by atoms with Gasteiger partial charge in [-0.1, -0.05) is 0 Å². The van der Waals surface area contributed by atoms with Crippen LogP contribution in [-0.2, 0) is 0 Å². The Hall–Kier alpha value is -1.69. The number of aryl methyl sites for hydroxylation is 1. The fourth-order valence-electron chi connectivity index (χ4n) is 3.16. The van der Waals surface area contributed by atoms with Crippen molar-refractivity contribution >= 4 is 11.8 Å². The van der Waals surface area contributed by atoms with Gasteiger partial charge in [-0.3, -0.25) is 10.3 Å². The molecule has 0 amide bonds. The van der Waals surface area contributed by atoms with Gasteiger partial charge in [-0.2, -0.15) is 0 Å². The van der Waals surface area contributed by atoms with Gasteiger partial charge in [0.1, 0.15) is 11.5 Å². The quantitative estimate of drug-likeness (QED) is 0.627. The topological polar surface area (TPSA) is 82.1 Å². The van der Waals surface area contributed by atoms with Crippen molar-refractivity contribution in [3.05, 3.63) is 17.5 Å². The highest BCUT2D eigenvalue weighted by molar-refractivity contribution is 5.93. The molecule has 0 aromatic carbocycles. The Labute approximate surface area is 119 Å². The molecule has 2 saturated heterocycles. The summed E-state index contributed by atoms with van der Waals surface area (Å²) in [5.41, 5.74) is 6.93. The first-order valence-electron chi connectivity index (χ1n) is 7.32.